The van der Waals surface area contributed by atoms with Gasteiger partial charge in [-0.1, -0.05) is 13.8 Å². The fraction of sp³-hybridized carbons (Fsp3) is 0.591. The van der Waals surface area contributed by atoms with E-state index in [0.717, 1.165) is 12.8 Å². The quantitative estimate of drug-likeness (QED) is 0.783. The van der Waals surface area contributed by atoms with Crippen molar-refractivity contribution in [3.63, 3.8) is 0 Å². The maximum atomic E-state index is 13.1. The van der Waals surface area contributed by atoms with Crippen molar-refractivity contribution in [3.8, 4) is 0 Å². The van der Waals surface area contributed by atoms with E-state index in [1.54, 1.807) is 16.9 Å². The third-order valence-electron chi connectivity index (χ3n) is 6.86. The van der Waals surface area contributed by atoms with Crippen LogP contribution in [0.3, 0.4) is 0 Å². The smallest absolute Gasteiger partial charge is 0.289 e. The molecule has 2 aromatic rings. The molecule has 0 aliphatic carbocycles. The van der Waals surface area contributed by atoms with Gasteiger partial charge in [0.05, 0.1) is 24.8 Å². The molecule has 3 aliphatic heterocycles. The van der Waals surface area contributed by atoms with Crippen LogP contribution < -0.4 is 5.32 Å². The van der Waals surface area contributed by atoms with Gasteiger partial charge in [0.15, 0.2) is 5.76 Å². The summed E-state index contributed by atoms with van der Waals surface area (Å²) in [7, 11) is 0. The van der Waals surface area contributed by atoms with Crippen molar-refractivity contribution in [2.75, 3.05) is 19.6 Å². The molecule has 3 saturated heterocycles. The van der Waals surface area contributed by atoms with Crippen LogP contribution in [-0.4, -0.2) is 57.8 Å². The van der Waals surface area contributed by atoms with Crippen molar-refractivity contribution in [3.05, 3.63) is 42.1 Å². The van der Waals surface area contributed by atoms with E-state index < -0.39 is 0 Å². The lowest BCUT2D eigenvalue weighted by molar-refractivity contribution is -0.124. The van der Waals surface area contributed by atoms with E-state index in [0.29, 0.717) is 37.7 Å². The number of furan rings is 1. The van der Waals surface area contributed by atoms with Gasteiger partial charge in [0.1, 0.15) is 5.76 Å². The van der Waals surface area contributed by atoms with Gasteiger partial charge in [-0.15, -0.1) is 0 Å². The standard InChI is InChI=1S/C22H28N4O4/c1-14(2)20(27)23-10-16-17-12-25(13-22(17)7-6-18(16)30-22)21(28)19-5-4-15(29-19)11-26-9-3-8-24-26/h3-5,8-9,14,16-18H,6-7,10-13H2,1-2H3,(H,23,27)/t16-,17+,18+,22+/m0/s1. The number of nitrogens with one attached hydrogen (secondary N) is 1. The molecule has 8 heteroatoms. The number of fused-ring (bicyclic) bond motifs is 1. The first kappa shape index (κ1) is 19.4. The SMILES string of the molecule is CC(C)C(=O)NC[C@H]1[C@H]2CN(C(=O)c3ccc(Cn4cccn4)o3)C[C@]23CC[C@H]1O3. The van der Waals surface area contributed by atoms with Crippen molar-refractivity contribution in [1.82, 2.24) is 20.0 Å². The van der Waals surface area contributed by atoms with Crippen LogP contribution in [0.5, 0.6) is 0 Å². The second-order valence-corrected chi connectivity index (χ2v) is 9.09. The summed E-state index contributed by atoms with van der Waals surface area (Å²) in [6.45, 7) is 6.14. The van der Waals surface area contributed by atoms with E-state index in [9.17, 15) is 9.59 Å². The molecule has 3 fully saturated rings. The highest BCUT2D eigenvalue weighted by molar-refractivity contribution is 5.92. The topological polar surface area (TPSA) is 89.6 Å². The zero-order valence-electron chi connectivity index (χ0n) is 17.4. The molecule has 0 radical (unpaired) electrons. The molecule has 2 amide bonds. The highest BCUT2D eigenvalue weighted by Crippen LogP contribution is 2.54. The average molecular weight is 412 g/mol. The van der Waals surface area contributed by atoms with E-state index in [2.05, 4.69) is 10.4 Å². The molecule has 4 atom stereocenters. The molecule has 5 heterocycles. The molecule has 1 spiro atoms. The van der Waals surface area contributed by atoms with Gasteiger partial charge in [0.25, 0.3) is 5.91 Å². The minimum atomic E-state index is -0.266. The Morgan fingerprint density at radius 2 is 2.23 bits per heavy atom. The number of hydrogen-bond donors (Lipinski definition) is 1. The third kappa shape index (κ3) is 3.23. The van der Waals surface area contributed by atoms with Gasteiger partial charge < -0.3 is 19.4 Å². The lowest BCUT2D eigenvalue weighted by Gasteiger charge is -2.29. The Labute approximate surface area is 175 Å². The van der Waals surface area contributed by atoms with Crippen molar-refractivity contribution in [1.29, 1.82) is 0 Å². The molecule has 160 valence electrons. The summed E-state index contributed by atoms with van der Waals surface area (Å²) < 4.78 is 14.0. The summed E-state index contributed by atoms with van der Waals surface area (Å²) in [4.78, 5) is 27.0. The van der Waals surface area contributed by atoms with E-state index >= 15 is 0 Å². The van der Waals surface area contributed by atoms with Crippen LogP contribution in [0.25, 0.3) is 0 Å². The Hall–Kier alpha value is -2.61. The molecule has 30 heavy (non-hydrogen) atoms. The number of nitrogens with zero attached hydrogens (tertiary/aromatic N) is 3. The Morgan fingerprint density at radius 1 is 1.37 bits per heavy atom. The highest BCUT2D eigenvalue weighted by atomic mass is 16.5. The fourth-order valence-corrected chi connectivity index (χ4v) is 5.33. The van der Waals surface area contributed by atoms with Crippen molar-refractivity contribution >= 4 is 11.8 Å². The van der Waals surface area contributed by atoms with Crippen LogP contribution in [0.2, 0.25) is 0 Å². The third-order valence-corrected chi connectivity index (χ3v) is 6.86. The number of likely N-dealkylation sites (tertiary alicyclic amines) is 1. The Bertz CT molecular complexity index is 937. The molecule has 5 rings (SSSR count). The summed E-state index contributed by atoms with van der Waals surface area (Å²) in [5.74, 6) is 1.51. The van der Waals surface area contributed by atoms with Crippen LogP contribution in [0, 0.1) is 17.8 Å². The van der Waals surface area contributed by atoms with Crippen LogP contribution in [0.1, 0.15) is 43.0 Å². The van der Waals surface area contributed by atoms with Crippen molar-refractivity contribution < 1.29 is 18.7 Å². The van der Waals surface area contributed by atoms with E-state index in [1.807, 2.05) is 37.1 Å². The number of amides is 2. The highest BCUT2D eigenvalue weighted by Gasteiger charge is 2.63. The lowest BCUT2D eigenvalue weighted by atomic mass is 9.73. The van der Waals surface area contributed by atoms with Gasteiger partial charge in [-0.3, -0.25) is 14.3 Å². The number of rotatable bonds is 6. The molecule has 0 unspecified atom stereocenters. The van der Waals surface area contributed by atoms with Crippen LogP contribution in [0.15, 0.2) is 35.0 Å². The zero-order chi connectivity index (χ0) is 20.9. The summed E-state index contributed by atoms with van der Waals surface area (Å²) in [6.07, 6.45) is 5.73. The van der Waals surface area contributed by atoms with E-state index in [-0.39, 0.29) is 41.3 Å². The van der Waals surface area contributed by atoms with Gasteiger partial charge in [0, 0.05) is 43.2 Å². The molecule has 0 aromatic carbocycles. The molecular formula is C22H28N4O4. The monoisotopic (exact) mass is 412 g/mol. The molecule has 3 aliphatic rings. The van der Waals surface area contributed by atoms with Gasteiger partial charge in [0.2, 0.25) is 5.91 Å². The van der Waals surface area contributed by atoms with Gasteiger partial charge in [-0.2, -0.15) is 5.10 Å². The minimum Gasteiger partial charge on any atom is -0.454 e. The molecule has 2 bridgehead atoms. The number of hydrogen-bond acceptors (Lipinski definition) is 5. The van der Waals surface area contributed by atoms with Crippen LogP contribution in [0.4, 0.5) is 0 Å². The van der Waals surface area contributed by atoms with Crippen LogP contribution >= 0.6 is 0 Å². The average Bonchev–Trinajstić information content (AvgIpc) is 3.52. The normalized spacial score (nSPS) is 29.6. The zero-order valence-corrected chi connectivity index (χ0v) is 17.4. The molecular weight excluding hydrogens is 384 g/mol. The van der Waals surface area contributed by atoms with Gasteiger partial charge in [-0.25, -0.2) is 0 Å². The first-order chi connectivity index (χ1) is 14.4. The minimum absolute atomic E-state index is 0.0324. The molecule has 2 aromatic heterocycles. The first-order valence-electron chi connectivity index (χ1n) is 10.8. The first-order valence-corrected chi connectivity index (χ1v) is 10.8. The molecule has 0 saturated carbocycles. The van der Waals surface area contributed by atoms with Crippen LogP contribution in [-0.2, 0) is 16.1 Å². The largest absolute Gasteiger partial charge is 0.454 e. The van der Waals surface area contributed by atoms with E-state index in [1.165, 1.54) is 0 Å². The maximum absolute atomic E-state index is 13.1. The van der Waals surface area contributed by atoms with Gasteiger partial charge >= 0.3 is 0 Å². The predicted octanol–water partition coefficient (Wildman–Crippen LogP) is 1.92. The van der Waals surface area contributed by atoms with Crippen molar-refractivity contribution in [2.24, 2.45) is 17.8 Å². The summed E-state index contributed by atoms with van der Waals surface area (Å²) >= 11 is 0. The predicted molar refractivity (Wildman–Crippen MR) is 108 cm³/mol. The number of carbonyl (C=O) groups excluding carboxylic acids is 2. The Balaban J connectivity index is 1.26. The van der Waals surface area contributed by atoms with E-state index in [4.69, 9.17) is 9.15 Å². The van der Waals surface area contributed by atoms with Gasteiger partial charge in [-0.05, 0) is 31.0 Å². The second-order valence-electron chi connectivity index (χ2n) is 9.09. The Morgan fingerprint density at radius 3 is 3.00 bits per heavy atom. The molecule has 8 nitrogen and oxygen atoms in total. The molecule has 1 N–H and O–H groups in total. The summed E-state index contributed by atoms with van der Waals surface area (Å²) in [5, 5.41) is 7.24. The Kier molecular flexibility index (Phi) is 4.69. The summed E-state index contributed by atoms with van der Waals surface area (Å²) in [5.41, 5.74) is -0.266. The lowest BCUT2D eigenvalue weighted by Crippen LogP contribution is -2.42. The summed E-state index contributed by atoms with van der Waals surface area (Å²) in [6, 6.07) is 5.42. The fourth-order valence-electron chi connectivity index (χ4n) is 5.33. The number of carbonyl (C=O) groups is 2. The van der Waals surface area contributed by atoms with Crippen molar-refractivity contribution in [2.45, 2.75) is 44.9 Å². The maximum Gasteiger partial charge on any atom is 0.289 e. The number of ether oxygens (including phenoxy) is 1. The second kappa shape index (κ2) is 7.27. The number of aromatic nitrogens is 2.